The van der Waals surface area contributed by atoms with Crippen molar-refractivity contribution in [3.05, 3.63) is 11.8 Å². The van der Waals surface area contributed by atoms with Crippen molar-refractivity contribution < 1.29 is 9.47 Å². The van der Waals surface area contributed by atoms with Gasteiger partial charge in [0.25, 0.3) is 0 Å². The van der Waals surface area contributed by atoms with Gasteiger partial charge in [-0.05, 0) is 18.8 Å². The average Bonchev–Trinajstić information content (AvgIpc) is 2.87. The van der Waals surface area contributed by atoms with E-state index in [0.29, 0.717) is 6.10 Å². The molecule has 2 atom stereocenters. The third kappa shape index (κ3) is 1.66. The molecule has 3 nitrogen and oxygen atoms in total. The Hall–Kier alpha value is -0.540. The molecule has 0 amide bonds. The van der Waals surface area contributed by atoms with Crippen LogP contribution in [0.15, 0.2) is 11.8 Å². The van der Waals surface area contributed by atoms with Crippen LogP contribution >= 0.6 is 0 Å². The van der Waals surface area contributed by atoms with Gasteiger partial charge in [-0.15, -0.1) is 0 Å². The van der Waals surface area contributed by atoms with Gasteiger partial charge in [0.2, 0.25) is 0 Å². The molecule has 0 aromatic carbocycles. The van der Waals surface area contributed by atoms with E-state index < -0.39 is 0 Å². The molecular weight excluding hydrogens is 202 g/mol. The Bertz CT molecular complexity index is 331. The summed E-state index contributed by atoms with van der Waals surface area (Å²) in [7, 11) is 0. The fourth-order valence-electron chi connectivity index (χ4n) is 3.25. The van der Waals surface area contributed by atoms with E-state index in [1.54, 1.807) is 0 Å². The first kappa shape index (κ1) is 10.6. The molecule has 0 radical (unpaired) electrons. The van der Waals surface area contributed by atoms with Crippen molar-refractivity contribution in [3.8, 4) is 0 Å². The zero-order chi connectivity index (χ0) is 11.4. The highest BCUT2D eigenvalue weighted by Crippen LogP contribution is 2.54. The molecule has 0 spiro atoms. The topological polar surface area (TPSA) is 25.0 Å². The molecule has 3 rings (SSSR count). The van der Waals surface area contributed by atoms with Gasteiger partial charge >= 0.3 is 0 Å². The smallest absolute Gasteiger partial charge is 0.126 e. The highest BCUT2D eigenvalue weighted by molar-refractivity contribution is 5.29. The number of rotatable bonds is 1. The van der Waals surface area contributed by atoms with Gasteiger partial charge in [0, 0.05) is 18.8 Å². The molecule has 2 aliphatic heterocycles. The first-order valence-corrected chi connectivity index (χ1v) is 6.24. The third-order valence-corrected chi connectivity index (χ3v) is 3.87. The monoisotopic (exact) mass is 223 g/mol. The maximum atomic E-state index is 5.92. The lowest BCUT2D eigenvalue weighted by atomic mass is 9.76. The summed E-state index contributed by atoms with van der Waals surface area (Å²) in [5.41, 5.74) is 1.77. The number of fused-ring (bicyclic) bond motifs is 1. The van der Waals surface area contributed by atoms with Crippen LogP contribution in [0.5, 0.6) is 0 Å². The molecular formula is C13H21NO2. The summed E-state index contributed by atoms with van der Waals surface area (Å²) < 4.78 is 11.3. The highest BCUT2D eigenvalue weighted by Gasteiger charge is 2.59. The van der Waals surface area contributed by atoms with E-state index in [1.807, 2.05) is 0 Å². The van der Waals surface area contributed by atoms with Crippen LogP contribution in [0, 0.1) is 5.41 Å². The summed E-state index contributed by atoms with van der Waals surface area (Å²) in [6, 6.07) is 0. The van der Waals surface area contributed by atoms with E-state index >= 15 is 0 Å². The first-order valence-electron chi connectivity index (χ1n) is 6.24. The molecule has 1 aliphatic carbocycles. The number of ether oxygens (including phenoxy) is 2. The van der Waals surface area contributed by atoms with Crippen LogP contribution in [0.2, 0.25) is 0 Å². The van der Waals surface area contributed by atoms with Gasteiger partial charge in [-0.3, -0.25) is 0 Å². The molecule has 0 bridgehead atoms. The van der Waals surface area contributed by atoms with E-state index in [4.69, 9.17) is 9.47 Å². The number of hydrogen-bond donors (Lipinski definition) is 0. The molecule has 0 N–H and O–H groups in total. The Balaban J connectivity index is 1.85. The lowest BCUT2D eigenvalue weighted by Gasteiger charge is -2.36. The van der Waals surface area contributed by atoms with Crippen molar-refractivity contribution in [1.82, 2.24) is 4.90 Å². The van der Waals surface area contributed by atoms with E-state index in [-0.39, 0.29) is 11.0 Å². The summed E-state index contributed by atoms with van der Waals surface area (Å²) in [4.78, 5) is 2.44. The summed E-state index contributed by atoms with van der Waals surface area (Å²) in [6.45, 7) is 10.6. The molecule has 2 heterocycles. The third-order valence-electron chi connectivity index (χ3n) is 3.87. The quantitative estimate of drug-likeness (QED) is 0.634. The Kier molecular flexibility index (Phi) is 2.14. The minimum Gasteiger partial charge on any atom is -0.378 e. The summed E-state index contributed by atoms with van der Waals surface area (Å²) in [5, 5.41) is 0. The van der Waals surface area contributed by atoms with Gasteiger partial charge in [0.1, 0.15) is 6.10 Å². The fourth-order valence-corrected chi connectivity index (χ4v) is 3.25. The number of epoxide rings is 1. The largest absolute Gasteiger partial charge is 0.378 e. The average molecular weight is 223 g/mol. The Morgan fingerprint density at radius 1 is 1.25 bits per heavy atom. The number of nitrogens with zero attached hydrogens (tertiary/aromatic N) is 1. The second-order valence-corrected chi connectivity index (χ2v) is 6.14. The number of hydrogen-bond acceptors (Lipinski definition) is 3. The van der Waals surface area contributed by atoms with Crippen molar-refractivity contribution in [3.63, 3.8) is 0 Å². The van der Waals surface area contributed by atoms with Gasteiger partial charge < -0.3 is 14.4 Å². The van der Waals surface area contributed by atoms with E-state index in [0.717, 1.165) is 32.7 Å². The summed E-state index contributed by atoms with van der Waals surface area (Å²) in [5.74, 6) is 0. The molecule has 90 valence electrons. The van der Waals surface area contributed by atoms with Crippen molar-refractivity contribution in [1.29, 1.82) is 0 Å². The minimum atomic E-state index is 0.103. The second-order valence-electron chi connectivity index (χ2n) is 6.14. The summed E-state index contributed by atoms with van der Waals surface area (Å²) >= 11 is 0. The van der Waals surface area contributed by atoms with Crippen molar-refractivity contribution in [2.45, 2.75) is 38.9 Å². The maximum Gasteiger partial charge on any atom is 0.126 e. The van der Waals surface area contributed by atoms with E-state index in [9.17, 15) is 0 Å². The first-order chi connectivity index (χ1) is 7.50. The molecule has 2 fully saturated rings. The molecule has 2 unspecified atom stereocenters. The number of morpholine rings is 1. The maximum absolute atomic E-state index is 5.92. The standard InChI is InChI=1S/C13H21NO2/c1-12(2)8-10(11-13(3,9-12)16-11)14-4-6-15-7-5-14/h8,11H,4-7,9H2,1-3H3. The molecule has 2 saturated heterocycles. The van der Waals surface area contributed by atoms with Gasteiger partial charge in [-0.25, -0.2) is 0 Å². The van der Waals surface area contributed by atoms with E-state index in [2.05, 4.69) is 31.7 Å². The summed E-state index contributed by atoms with van der Waals surface area (Å²) in [6.07, 6.45) is 3.90. The van der Waals surface area contributed by atoms with Crippen LogP contribution in [0.1, 0.15) is 27.2 Å². The molecule has 0 aromatic rings. The van der Waals surface area contributed by atoms with Crippen LogP contribution in [0.4, 0.5) is 0 Å². The molecule has 0 aromatic heterocycles. The minimum absolute atomic E-state index is 0.103. The van der Waals surface area contributed by atoms with Gasteiger partial charge in [0.05, 0.1) is 18.8 Å². The van der Waals surface area contributed by atoms with Gasteiger partial charge in [-0.2, -0.15) is 0 Å². The molecule has 16 heavy (non-hydrogen) atoms. The molecule has 3 heteroatoms. The van der Waals surface area contributed by atoms with Crippen molar-refractivity contribution in [2.24, 2.45) is 5.41 Å². The molecule has 3 aliphatic rings. The van der Waals surface area contributed by atoms with Crippen LogP contribution in [-0.2, 0) is 9.47 Å². The fraction of sp³-hybridized carbons (Fsp3) is 0.846. The van der Waals surface area contributed by atoms with Crippen molar-refractivity contribution in [2.75, 3.05) is 26.3 Å². The van der Waals surface area contributed by atoms with Crippen LogP contribution in [0.3, 0.4) is 0 Å². The number of allylic oxidation sites excluding steroid dienone is 1. The lowest BCUT2D eigenvalue weighted by Crippen LogP contribution is -2.41. The van der Waals surface area contributed by atoms with Crippen molar-refractivity contribution >= 4 is 0 Å². The molecule has 0 saturated carbocycles. The Labute approximate surface area is 97.4 Å². The predicted molar refractivity (Wildman–Crippen MR) is 62.2 cm³/mol. The Morgan fingerprint density at radius 3 is 2.62 bits per heavy atom. The Morgan fingerprint density at radius 2 is 1.94 bits per heavy atom. The van der Waals surface area contributed by atoms with Gasteiger partial charge in [0.15, 0.2) is 0 Å². The van der Waals surface area contributed by atoms with Crippen LogP contribution in [-0.4, -0.2) is 42.9 Å². The predicted octanol–water partition coefficient (Wildman–Crippen LogP) is 1.79. The SMILES string of the molecule is CC1(C)C=C(N2CCOCC2)C2OC2(C)C1. The highest BCUT2D eigenvalue weighted by atomic mass is 16.6. The zero-order valence-corrected chi connectivity index (χ0v) is 10.5. The second kappa shape index (κ2) is 3.23. The van der Waals surface area contributed by atoms with E-state index in [1.165, 1.54) is 5.70 Å². The van der Waals surface area contributed by atoms with Crippen LogP contribution in [0.25, 0.3) is 0 Å². The normalized spacial score (nSPS) is 41.3. The zero-order valence-electron chi connectivity index (χ0n) is 10.5. The van der Waals surface area contributed by atoms with Gasteiger partial charge in [-0.1, -0.05) is 19.9 Å². The lowest BCUT2D eigenvalue weighted by molar-refractivity contribution is 0.0496. The van der Waals surface area contributed by atoms with Crippen LogP contribution < -0.4 is 0 Å².